The second-order valence-corrected chi connectivity index (χ2v) is 5.24. The molecule has 3 rings (SSSR count). The van der Waals surface area contributed by atoms with Crippen molar-refractivity contribution in [1.29, 1.82) is 0 Å². The third kappa shape index (κ3) is 2.94. The lowest BCUT2D eigenvalue weighted by atomic mass is 10.2. The van der Waals surface area contributed by atoms with Gasteiger partial charge in [-0.3, -0.25) is 9.48 Å². The molecule has 6 heteroatoms. The van der Waals surface area contributed by atoms with Crippen LogP contribution in [0.5, 0.6) is 0 Å². The fourth-order valence-electron chi connectivity index (χ4n) is 2.68. The van der Waals surface area contributed by atoms with Crippen LogP contribution in [-0.2, 0) is 24.2 Å². The molecule has 0 aliphatic heterocycles. The molecule has 110 valence electrons. The molecule has 1 amide bonds. The lowest BCUT2D eigenvalue weighted by molar-refractivity contribution is -0.124. The largest absolute Gasteiger partial charge is 0.347 e. The molecule has 2 aromatic rings. The van der Waals surface area contributed by atoms with Crippen LogP contribution in [0.2, 0.25) is 0 Å². The first-order valence-electron chi connectivity index (χ1n) is 7.38. The highest BCUT2D eigenvalue weighted by atomic mass is 16.2. The minimum Gasteiger partial charge on any atom is -0.347 e. The standard InChI is InChI=1S/C15H19N5O/c1-2-13(20-8-4-7-18-20)15(21)17-10-14-16-9-11-5-3-6-12(11)19-14/h4,7-9,13H,2-3,5-6,10H2,1H3,(H,17,21)/t13-/m1/s1. The summed E-state index contributed by atoms with van der Waals surface area (Å²) in [6, 6.07) is 1.54. The number of hydrogen-bond donors (Lipinski definition) is 1. The van der Waals surface area contributed by atoms with Crippen molar-refractivity contribution in [3.8, 4) is 0 Å². The van der Waals surface area contributed by atoms with Crippen LogP contribution in [-0.4, -0.2) is 25.7 Å². The quantitative estimate of drug-likeness (QED) is 0.902. The fraction of sp³-hybridized carbons (Fsp3) is 0.467. The molecule has 2 heterocycles. The minimum atomic E-state index is -0.283. The van der Waals surface area contributed by atoms with E-state index in [1.807, 2.05) is 19.2 Å². The molecule has 2 aromatic heterocycles. The molecule has 0 saturated carbocycles. The van der Waals surface area contributed by atoms with Gasteiger partial charge in [-0.25, -0.2) is 9.97 Å². The van der Waals surface area contributed by atoms with Gasteiger partial charge in [0.2, 0.25) is 5.91 Å². The minimum absolute atomic E-state index is 0.0506. The first kappa shape index (κ1) is 13.7. The van der Waals surface area contributed by atoms with Crippen molar-refractivity contribution in [3.63, 3.8) is 0 Å². The van der Waals surface area contributed by atoms with Crippen molar-refractivity contribution in [2.45, 2.75) is 45.2 Å². The topological polar surface area (TPSA) is 72.7 Å². The Morgan fingerprint density at radius 2 is 2.38 bits per heavy atom. The number of rotatable bonds is 5. The van der Waals surface area contributed by atoms with E-state index in [4.69, 9.17) is 0 Å². The van der Waals surface area contributed by atoms with Gasteiger partial charge in [-0.15, -0.1) is 0 Å². The number of aryl methyl sites for hydroxylation is 2. The number of carbonyl (C=O) groups excluding carboxylic acids is 1. The molecule has 0 spiro atoms. The lowest BCUT2D eigenvalue weighted by Gasteiger charge is -2.15. The Kier molecular flexibility index (Phi) is 3.94. The molecule has 1 aliphatic carbocycles. The SMILES string of the molecule is CC[C@H](C(=O)NCc1ncc2c(n1)CCC2)n1cccn1. The Morgan fingerprint density at radius 1 is 1.48 bits per heavy atom. The number of hydrogen-bond acceptors (Lipinski definition) is 4. The molecular formula is C15H19N5O. The van der Waals surface area contributed by atoms with E-state index in [9.17, 15) is 4.79 Å². The van der Waals surface area contributed by atoms with Crippen LogP contribution in [0.1, 0.15) is 42.9 Å². The van der Waals surface area contributed by atoms with Crippen LogP contribution < -0.4 is 5.32 Å². The van der Waals surface area contributed by atoms with Gasteiger partial charge < -0.3 is 5.32 Å². The monoisotopic (exact) mass is 285 g/mol. The Balaban J connectivity index is 1.63. The third-order valence-electron chi connectivity index (χ3n) is 3.82. The molecule has 0 saturated heterocycles. The fourth-order valence-corrected chi connectivity index (χ4v) is 2.68. The summed E-state index contributed by atoms with van der Waals surface area (Å²) < 4.78 is 1.68. The molecule has 0 unspecified atom stereocenters. The van der Waals surface area contributed by atoms with E-state index in [1.165, 1.54) is 5.56 Å². The highest BCUT2D eigenvalue weighted by Gasteiger charge is 2.19. The summed E-state index contributed by atoms with van der Waals surface area (Å²) in [5.41, 5.74) is 2.38. The van der Waals surface area contributed by atoms with Crippen molar-refractivity contribution in [2.24, 2.45) is 0 Å². The van der Waals surface area contributed by atoms with E-state index in [1.54, 1.807) is 17.1 Å². The van der Waals surface area contributed by atoms with E-state index in [-0.39, 0.29) is 11.9 Å². The van der Waals surface area contributed by atoms with Gasteiger partial charge in [0.15, 0.2) is 0 Å². The summed E-state index contributed by atoms with van der Waals surface area (Å²) in [4.78, 5) is 21.1. The van der Waals surface area contributed by atoms with Gasteiger partial charge in [-0.05, 0) is 37.3 Å². The number of amides is 1. The van der Waals surface area contributed by atoms with Crippen LogP contribution >= 0.6 is 0 Å². The van der Waals surface area contributed by atoms with Crippen molar-refractivity contribution < 1.29 is 4.79 Å². The van der Waals surface area contributed by atoms with Gasteiger partial charge in [0, 0.05) is 24.3 Å². The Labute approximate surface area is 123 Å². The number of fused-ring (bicyclic) bond motifs is 1. The maximum Gasteiger partial charge on any atom is 0.245 e. The predicted molar refractivity (Wildman–Crippen MR) is 77.5 cm³/mol. The van der Waals surface area contributed by atoms with Crippen LogP contribution in [0.15, 0.2) is 24.7 Å². The zero-order chi connectivity index (χ0) is 14.7. The first-order chi connectivity index (χ1) is 10.3. The van der Waals surface area contributed by atoms with Crippen LogP contribution in [0.25, 0.3) is 0 Å². The highest BCUT2D eigenvalue weighted by Crippen LogP contribution is 2.18. The summed E-state index contributed by atoms with van der Waals surface area (Å²) in [6.07, 6.45) is 9.30. The highest BCUT2D eigenvalue weighted by molar-refractivity contribution is 5.79. The summed E-state index contributed by atoms with van der Waals surface area (Å²) in [5, 5.41) is 7.04. The van der Waals surface area contributed by atoms with Gasteiger partial charge in [0.05, 0.1) is 6.54 Å². The number of nitrogens with one attached hydrogen (secondary N) is 1. The molecule has 1 N–H and O–H groups in total. The number of nitrogens with zero attached hydrogens (tertiary/aromatic N) is 4. The number of aromatic nitrogens is 4. The number of carbonyl (C=O) groups is 1. The second-order valence-electron chi connectivity index (χ2n) is 5.24. The first-order valence-corrected chi connectivity index (χ1v) is 7.38. The van der Waals surface area contributed by atoms with Crippen LogP contribution in [0.4, 0.5) is 0 Å². The summed E-state index contributed by atoms with van der Waals surface area (Å²) in [5.74, 6) is 0.629. The van der Waals surface area contributed by atoms with E-state index in [2.05, 4.69) is 20.4 Å². The molecule has 1 atom stereocenters. The Hall–Kier alpha value is -2.24. The zero-order valence-corrected chi connectivity index (χ0v) is 12.1. The van der Waals surface area contributed by atoms with E-state index in [0.29, 0.717) is 18.8 Å². The van der Waals surface area contributed by atoms with Crippen molar-refractivity contribution in [1.82, 2.24) is 25.1 Å². The third-order valence-corrected chi connectivity index (χ3v) is 3.82. The van der Waals surface area contributed by atoms with E-state index < -0.39 is 0 Å². The normalized spacial score (nSPS) is 14.7. The van der Waals surface area contributed by atoms with Gasteiger partial charge in [0.1, 0.15) is 11.9 Å². The summed E-state index contributed by atoms with van der Waals surface area (Å²) in [6.45, 7) is 2.34. The van der Waals surface area contributed by atoms with Gasteiger partial charge in [0.25, 0.3) is 0 Å². The van der Waals surface area contributed by atoms with E-state index >= 15 is 0 Å². The molecular weight excluding hydrogens is 266 g/mol. The van der Waals surface area contributed by atoms with Gasteiger partial charge in [-0.2, -0.15) is 5.10 Å². The molecule has 0 fully saturated rings. The Morgan fingerprint density at radius 3 is 3.14 bits per heavy atom. The lowest BCUT2D eigenvalue weighted by Crippen LogP contribution is -2.32. The summed E-state index contributed by atoms with van der Waals surface area (Å²) >= 11 is 0. The van der Waals surface area contributed by atoms with Gasteiger partial charge >= 0.3 is 0 Å². The van der Waals surface area contributed by atoms with Crippen LogP contribution in [0.3, 0.4) is 0 Å². The average molecular weight is 285 g/mol. The zero-order valence-electron chi connectivity index (χ0n) is 12.1. The molecule has 0 radical (unpaired) electrons. The maximum atomic E-state index is 12.3. The smallest absolute Gasteiger partial charge is 0.245 e. The molecule has 0 aromatic carbocycles. The molecule has 21 heavy (non-hydrogen) atoms. The van der Waals surface area contributed by atoms with Crippen molar-refractivity contribution in [3.05, 3.63) is 41.7 Å². The predicted octanol–water partition coefficient (Wildman–Crippen LogP) is 1.43. The Bertz CT molecular complexity index is 623. The van der Waals surface area contributed by atoms with Crippen LogP contribution in [0, 0.1) is 0 Å². The second kappa shape index (κ2) is 6.03. The summed E-state index contributed by atoms with van der Waals surface area (Å²) in [7, 11) is 0. The average Bonchev–Trinajstić information content (AvgIpc) is 3.16. The van der Waals surface area contributed by atoms with Gasteiger partial charge in [-0.1, -0.05) is 6.92 Å². The van der Waals surface area contributed by atoms with Crippen molar-refractivity contribution >= 4 is 5.91 Å². The molecule has 1 aliphatic rings. The molecule has 6 nitrogen and oxygen atoms in total. The maximum absolute atomic E-state index is 12.3. The van der Waals surface area contributed by atoms with Crippen molar-refractivity contribution in [2.75, 3.05) is 0 Å². The van der Waals surface area contributed by atoms with E-state index in [0.717, 1.165) is 25.0 Å². The molecule has 0 bridgehead atoms.